The van der Waals surface area contributed by atoms with Gasteiger partial charge < -0.3 is 9.84 Å². The van der Waals surface area contributed by atoms with Crippen LogP contribution in [-0.4, -0.2) is 5.11 Å². The smallest absolute Gasteiger partial charge is 0.166 e. The second-order valence-electron chi connectivity index (χ2n) is 4.04. The largest absolute Gasteiger partial charge is 0.451 e. The van der Waals surface area contributed by atoms with Crippen molar-refractivity contribution in [1.82, 2.24) is 0 Å². The summed E-state index contributed by atoms with van der Waals surface area (Å²) in [6, 6.07) is 6.44. The third kappa shape index (κ3) is 3.06. The Hall–Kier alpha value is -2.01. The van der Waals surface area contributed by atoms with Crippen molar-refractivity contribution in [2.75, 3.05) is 0 Å². The van der Waals surface area contributed by atoms with Crippen molar-refractivity contribution in [2.45, 2.75) is 13.0 Å². The molecule has 19 heavy (non-hydrogen) atoms. The fourth-order valence-electron chi connectivity index (χ4n) is 1.53. The third-order valence-corrected chi connectivity index (χ3v) is 2.55. The van der Waals surface area contributed by atoms with Gasteiger partial charge in [0.25, 0.3) is 0 Å². The first-order valence-corrected chi connectivity index (χ1v) is 5.58. The van der Waals surface area contributed by atoms with Gasteiger partial charge >= 0.3 is 0 Å². The van der Waals surface area contributed by atoms with E-state index in [1.165, 1.54) is 19.1 Å². The third-order valence-electron chi connectivity index (χ3n) is 2.55. The minimum absolute atomic E-state index is 0.242. The highest BCUT2D eigenvalue weighted by Gasteiger charge is 2.12. The Morgan fingerprint density at radius 2 is 1.68 bits per heavy atom. The molecule has 0 bridgehead atoms. The minimum atomic E-state index is -0.825. The van der Waals surface area contributed by atoms with Gasteiger partial charge in [0.05, 0.1) is 6.10 Å². The Bertz CT molecular complexity index is 597. The molecule has 0 saturated carbocycles. The summed E-state index contributed by atoms with van der Waals surface area (Å²) in [5.74, 6) is -2.88. The summed E-state index contributed by atoms with van der Waals surface area (Å²) in [6.07, 6.45) is -0.825. The summed E-state index contributed by atoms with van der Waals surface area (Å²) < 4.78 is 44.9. The highest BCUT2D eigenvalue weighted by molar-refractivity contribution is 5.35. The molecule has 0 amide bonds. The Labute approximate surface area is 108 Å². The van der Waals surface area contributed by atoms with Gasteiger partial charge in [0.15, 0.2) is 23.1 Å². The fourth-order valence-corrected chi connectivity index (χ4v) is 1.53. The molecule has 2 aromatic rings. The van der Waals surface area contributed by atoms with Crippen LogP contribution in [0.5, 0.6) is 11.5 Å². The Kier molecular flexibility index (Phi) is 3.76. The fraction of sp³-hybridized carbons (Fsp3) is 0.143. The van der Waals surface area contributed by atoms with Crippen LogP contribution >= 0.6 is 0 Å². The summed E-state index contributed by atoms with van der Waals surface area (Å²) in [5, 5.41) is 9.29. The van der Waals surface area contributed by atoms with Crippen LogP contribution in [0.1, 0.15) is 18.6 Å². The lowest BCUT2D eigenvalue weighted by molar-refractivity contribution is 0.198. The van der Waals surface area contributed by atoms with Gasteiger partial charge in [-0.25, -0.2) is 13.2 Å². The molecule has 1 N–H and O–H groups in total. The Morgan fingerprint density at radius 3 is 2.32 bits per heavy atom. The van der Waals surface area contributed by atoms with Crippen molar-refractivity contribution in [3.8, 4) is 11.5 Å². The number of hydrogen-bond acceptors (Lipinski definition) is 2. The minimum Gasteiger partial charge on any atom is -0.451 e. The average Bonchev–Trinajstić information content (AvgIpc) is 2.36. The molecule has 0 spiro atoms. The van der Waals surface area contributed by atoms with Gasteiger partial charge in [-0.1, -0.05) is 6.07 Å². The van der Waals surface area contributed by atoms with Crippen LogP contribution in [0, 0.1) is 17.5 Å². The van der Waals surface area contributed by atoms with Gasteiger partial charge in [-0.05, 0) is 36.8 Å². The van der Waals surface area contributed by atoms with E-state index in [9.17, 15) is 18.3 Å². The van der Waals surface area contributed by atoms with E-state index in [1.54, 1.807) is 0 Å². The van der Waals surface area contributed by atoms with E-state index < -0.39 is 29.3 Å². The quantitative estimate of drug-likeness (QED) is 0.913. The molecule has 0 fully saturated rings. The van der Waals surface area contributed by atoms with Crippen LogP contribution in [0.4, 0.5) is 13.2 Å². The molecule has 2 aromatic carbocycles. The highest BCUT2D eigenvalue weighted by atomic mass is 19.1. The summed E-state index contributed by atoms with van der Waals surface area (Å²) in [7, 11) is 0. The first-order chi connectivity index (χ1) is 8.97. The van der Waals surface area contributed by atoms with Crippen molar-refractivity contribution in [3.05, 3.63) is 59.4 Å². The zero-order valence-electron chi connectivity index (χ0n) is 10.0. The van der Waals surface area contributed by atoms with Gasteiger partial charge in [0, 0.05) is 6.07 Å². The van der Waals surface area contributed by atoms with Crippen molar-refractivity contribution < 1.29 is 23.0 Å². The van der Waals surface area contributed by atoms with Gasteiger partial charge in [0.1, 0.15) is 5.82 Å². The average molecular weight is 268 g/mol. The lowest BCUT2D eigenvalue weighted by atomic mass is 10.1. The molecule has 0 saturated heterocycles. The van der Waals surface area contributed by atoms with E-state index in [0.717, 1.165) is 24.3 Å². The molecule has 0 aliphatic heterocycles. The molecular formula is C14H11F3O2. The summed E-state index contributed by atoms with van der Waals surface area (Å²) >= 11 is 0. The van der Waals surface area contributed by atoms with Gasteiger partial charge in [-0.3, -0.25) is 0 Å². The van der Waals surface area contributed by atoms with Crippen LogP contribution in [0.2, 0.25) is 0 Å². The normalized spacial score (nSPS) is 12.3. The SMILES string of the molecule is CC(O)c1ccc(Oc2cc(F)ccc2F)c(F)c1. The predicted octanol–water partition coefficient (Wildman–Crippen LogP) is 3.95. The van der Waals surface area contributed by atoms with E-state index in [0.29, 0.717) is 5.56 Å². The Morgan fingerprint density at radius 1 is 0.947 bits per heavy atom. The van der Waals surface area contributed by atoms with E-state index in [2.05, 4.69) is 0 Å². The standard InChI is InChI=1S/C14H11F3O2/c1-8(18)9-2-5-13(12(17)6-9)19-14-7-10(15)3-4-11(14)16/h2-8,18H,1H3. The molecule has 1 unspecified atom stereocenters. The molecule has 0 aliphatic rings. The monoisotopic (exact) mass is 268 g/mol. The number of aliphatic hydroxyl groups excluding tert-OH is 1. The lowest BCUT2D eigenvalue weighted by Gasteiger charge is -2.10. The molecule has 0 heterocycles. The van der Waals surface area contributed by atoms with Crippen LogP contribution in [0.3, 0.4) is 0 Å². The summed E-state index contributed by atoms with van der Waals surface area (Å²) in [6.45, 7) is 1.49. The zero-order chi connectivity index (χ0) is 14.0. The molecule has 5 heteroatoms. The van der Waals surface area contributed by atoms with Gasteiger partial charge in [-0.2, -0.15) is 0 Å². The first-order valence-electron chi connectivity index (χ1n) is 5.58. The highest BCUT2D eigenvalue weighted by Crippen LogP contribution is 2.29. The Balaban J connectivity index is 2.31. The van der Waals surface area contributed by atoms with Crippen LogP contribution in [0.25, 0.3) is 0 Å². The number of rotatable bonds is 3. The molecular weight excluding hydrogens is 257 g/mol. The predicted molar refractivity (Wildman–Crippen MR) is 63.5 cm³/mol. The number of benzene rings is 2. The molecule has 0 aromatic heterocycles. The number of hydrogen-bond donors (Lipinski definition) is 1. The topological polar surface area (TPSA) is 29.5 Å². The molecule has 1 atom stereocenters. The van der Waals surface area contributed by atoms with Crippen LogP contribution in [0.15, 0.2) is 36.4 Å². The van der Waals surface area contributed by atoms with Crippen LogP contribution < -0.4 is 4.74 Å². The van der Waals surface area contributed by atoms with E-state index >= 15 is 0 Å². The molecule has 2 nitrogen and oxygen atoms in total. The van der Waals surface area contributed by atoms with E-state index in [1.807, 2.05) is 0 Å². The first kappa shape index (κ1) is 13.4. The number of ether oxygens (including phenoxy) is 1. The van der Waals surface area contributed by atoms with Crippen molar-refractivity contribution >= 4 is 0 Å². The van der Waals surface area contributed by atoms with Crippen LogP contribution in [-0.2, 0) is 0 Å². The van der Waals surface area contributed by atoms with E-state index in [4.69, 9.17) is 4.74 Å². The summed E-state index contributed by atoms with van der Waals surface area (Å²) in [4.78, 5) is 0. The van der Waals surface area contributed by atoms with Gasteiger partial charge in [-0.15, -0.1) is 0 Å². The van der Waals surface area contributed by atoms with Crippen molar-refractivity contribution in [2.24, 2.45) is 0 Å². The number of halogens is 3. The second kappa shape index (κ2) is 5.32. The van der Waals surface area contributed by atoms with Crippen molar-refractivity contribution in [1.29, 1.82) is 0 Å². The van der Waals surface area contributed by atoms with E-state index in [-0.39, 0.29) is 5.75 Å². The zero-order valence-corrected chi connectivity index (χ0v) is 10.0. The molecule has 100 valence electrons. The lowest BCUT2D eigenvalue weighted by Crippen LogP contribution is -1.96. The molecule has 2 rings (SSSR count). The second-order valence-corrected chi connectivity index (χ2v) is 4.04. The molecule has 0 aliphatic carbocycles. The summed E-state index contributed by atoms with van der Waals surface area (Å²) in [5.41, 5.74) is 0.365. The van der Waals surface area contributed by atoms with Gasteiger partial charge in [0.2, 0.25) is 0 Å². The number of aliphatic hydroxyl groups is 1. The molecule has 0 radical (unpaired) electrons. The van der Waals surface area contributed by atoms with Crippen molar-refractivity contribution in [3.63, 3.8) is 0 Å². The maximum absolute atomic E-state index is 13.7. The maximum atomic E-state index is 13.7. The maximum Gasteiger partial charge on any atom is 0.166 e.